The second-order valence-corrected chi connectivity index (χ2v) is 6.53. The van der Waals surface area contributed by atoms with Gasteiger partial charge in [-0.1, -0.05) is 0 Å². The van der Waals surface area contributed by atoms with Crippen LogP contribution in [0.4, 0.5) is 10.2 Å². The number of anilines is 1. The lowest BCUT2D eigenvalue weighted by Gasteiger charge is -2.35. The lowest BCUT2D eigenvalue weighted by Crippen LogP contribution is -2.49. The van der Waals surface area contributed by atoms with Gasteiger partial charge in [-0.25, -0.2) is 9.37 Å². The fourth-order valence-corrected chi connectivity index (χ4v) is 3.32. The summed E-state index contributed by atoms with van der Waals surface area (Å²) in [6, 6.07) is 9.55. The quantitative estimate of drug-likeness (QED) is 0.861. The maximum Gasteiger partial charge on any atom is 0.233 e. The van der Waals surface area contributed by atoms with Crippen molar-refractivity contribution in [3.8, 4) is 5.75 Å². The number of halogens is 1. The highest BCUT2D eigenvalue weighted by molar-refractivity contribution is 8.00. The zero-order valence-electron chi connectivity index (χ0n) is 13.1. The van der Waals surface area contributed by atoms with E-state index in [0.717, 1.165) is 10.7 Å². The van der Waals surface area contributed by atoms with Crippen molar-refractivity contribution >= 4 is 23.5 Å². The molecule has 1 fully saturated rings. The molecule has 0 saturated carbocycles. The Hall–Kier alpha value is -2.28. The molecule has 1 saturated heterocycles. The van der Waals surface area contributed by atoms with Crippen molar-refractivity contribution in [2.45, 2.75) is 4.90 Å². The molecule has 0 radical (unpaired) electrons. The molecule has 1 N–H and O–H groups in total. The second-order valence-electron chi connectivity index (χ2n) is 5.49. The fraction of sp³-hybridized carbons (Fsp3) is 0.294. The molecule has 5 nitrogen and oxygen atoms in total. The third-order valence-electron chi connectivity index (χ3n) is 3.86. The van der Waals surface area contributed by atoms with Gasteiger partial charge in [0.15, 0.2) is 0 Å². The van der Waals surface area contributed by atoms with E-state index < -0.39 is 0 Å². The van der Waals surface area contributed by atoms with Crippen molar-refractivity contribution in [1.82, 2.24) is 9.88 Å². The maximum absolute atomic E-state index is 12.9. The van der Waals surface area contributed by atoms with Gasteiger partial charge in [-0.15, -0.1) is 11.8 Å². The Morgan fingerprint density at radius 2 is 1.83 bits per heavy atom. The summed E-state index contributed by atoms with van der Waals surface area (Å²) in [4.78, 5) is 21.3. The number of aromatic hydroxyl groups is 1. The van der Waals surface area contributed by atoms with Gasteiger partial charge < -0.3 is 14.9 Å². The standard InChI is InChI=1S/C17H18FN3O2S/c18-13-1-4-15(5-2-13)24-12-17(23)21-9-7-20(8-10-21)16-6-3-14(22)11-19-16/h1-6,11,22H,7-10,12H2. The monoisotopic (exact) mass is 347 g/mol. The van der Waals surface area contributed by atoms with Crippen LogP contribution < -0.4 is 4.90 Å². The number of aromatic nitrogens is 1. The molecule has 0 bridgehead atoms. The molecular weight excluding hydrogens is 329 g/mol. The minimum Gasteiger partial charge on any atom is -0.506 e. The van der Waals surface area contributed by atoms with E-state index in [0.29, 0.717) is 31.9 Å². The predicted octanol–water partition coefficient (Wildman–Crippen LogP) is 2.37. The summed E-state index contributed by atoms with van der Waals surface area (Å²) >= 11 is 1.42. The second kappa shape index (κ2) is 7.53. The maximum atomic E-state index is 12.9. The van der Waals surface area contributed by atoms with E-state index in [4.69, 9.17) is 0 Å². The third kappa shape index (κ3) is 4.17. The number of rotatable bonds is 4. The zero-order chi connectivity index (χ0) is 16.9. The molecule has 1 aromatic carbocycles. The minimum absolute atomic E-state index is 0.0858. The van der Waals surface area contributed by atoms with Crippen molar-refractivity contribution in [1.29, 1.82) is 0 Å². The van der Waals surface area contributed by atoms with Crippen LogP contribution in [0, 0.1) is 5.82 Å². The fourth-order valence-electron chi connectivity index (χ4n) is 2.52. The molecule has 2 aromatic rings. The van der Waals surface area contributed by atoms with Crippen LogP contribution >= 0.6 is 11.8 Å². The predicted molar refractivity (Wildman–Crippen MR) is 91.8 cm³/mol. The van der Waals surface area contributed by atoms with E-state index in [2.05, 4.69) is 9.88 Å². The highest BCUT2D eigenvalue weighted by atomic mass is 32.2. The molecule has 126 valence electrons. The topological polar surface area (TPSA) is 56.7 Å². The smallest absolute Gasteiger partial charge is 0.233 e. The third-order valence-corrected chi connectivity index (χ3v) is 4.86. The SMILES string of the molecule is O=C(CSc1ccc(F)cc1)N1CCN(c2ccc(O)cn2)CC1. The van der Waals surface area contributed by atoms with E-state index in [9.17, 15) is 14.3 Å². The molecule has 0 atom stereocenters. The average Bonchev–Trinajstić information content (AvgIpc) is 2.62. The van der Waals surface area contributed by atoms with Crippen LogP contribution in [0.15, 0.2) is 47.5 Å². The van der Waals surface area contributed by atoms with E-state index >= 15 is 0 Å². The summed E-state index contributed by atoms with van der Waals surface area (Å²) in [7, 11) is 0. The van der Waals surface area contributed by atoms with Crippen molar-refractivity contribution in [3.63, 3.8) is 0 Å². The summed E-state index contributed by atoms with van der Waals surface area (Å²) in [6.07, 6.45) is 1.42. The number of hydrogen-bond acceptors (Lipinski definition) is 5. The van der Waals surface area contributed by atoms with Gasteiger partial charge >= 0.3 is 0 Å². The van der Waals surface area contributed by atoms with Gasteiger partial charge in [0.05, 0.1) is 11.9 Å². The largest absolute Gasteiger partial charge is 0.506 e. The first-order chi connectivity index (χ1) is 11.6. The Morgan fingerprint density at radius 3 is 2.46 bits per heavy atom. The summed E-state index contributed by atoms with van der Waals surface area (Å²) in [5.41, 5.74) is 0. The van der Waals surface area contributed by atoms with Gasteiger partial charge in [-0.05, 0) is 36.4 Å². The van der Waals surface area contributed by atoms with Crippen LogP contribution in [0.2, 0.25) is 0 Å². The molecule has 1 amide bonds. The van der Waals surface area contributed by atoms with Crippen LogP contribution in [0.5, 0.6) is 5.75 Å². The lowest BCUT2D eigenvalue weighted by atomic mass is 10.3. The molecule has 0 spiro atoms. The zero-order valence-corrected chi connectivity index (χ0v) is 13.9. The van der Waals surface area contributed by atoms with Gasteiger partial charge in [-0.2, -0.15) is 0 Å². The molecule has 1 aliphatic heterocycles. The van der Waals surface area contributed by atoms with Crippen molar-refractivity contribution < 1.29 is 14.3 Å². The van der Waals surface area contributed by atoms with E-state index in [1.54, 1.807) is 24.3 Å². The Bertz CT molecular complexity index is 686. The van der Waals surface area contributed by atoms with Gasteiger partial charge in [0, 0.05) is 31.1 Å². The van der Waals surface area contributed by atoms with Crippen molar-refractivity contribution in [2.24, 2.45) is 0 Å². The Kier molecular flexibility index (Phi) is 5.20. The number of nitrogens with zero attached hydrogens (tertiary/aromatic N) is 3. The number of benzene rings is 1. The van der Waals surface area contributed by atoms with E-state index in [-0.39, 0.29) is 17.5 Å². The molecule has 7 heteroatoms. The molecule has 0 aliphatic carbocycles. The number of carbonyl (C=O) groups excluding carboxylic acids is 1. The number of piperazine rings is 1. The number of pyridine rings is 1. The Labute approximate surface area is 144 Å². The van der Waals surface area contributed by atoms with Crippen LogP contribution in [-0.4, -0.2) is 52.8 Å². The molecule has 1 aromatic heterocycles. The Morgan fingerprint density at radius 1 is 1.12 bits per heavy atom. The molecule has 24 heavy (non-hydrogen) atoms. The average molecular weight is 347 g/mol. The minimum atomic E-state index is -0.273. The summed E-state index contributed by atoms with van der Waals surface area (Å²) < 4.78 is 12.9. The molecular formula is C17H18FN3O2S. The molecule has 0 unspecified atom stereocenters. The summed E-state index contributed by atoms with van der Waals surface area (Å²) in [6.45, 7) is 2.71. The van der Waals surface area contributed by atoms with E-state index in [1.165, 1.54) is 30.1 Å². The first-order valence-corrected chi connectivity index (χ1v) is 8.66. The number of amides is 1. The first-order valence-electron chi connectivity index (χ1n) is 7.68. The van der Waals surface area contributed by atoms with Gasteiger partial charge in [0.1, 0.15) is 17.4 Å². The van der Waals surface area contributed by atoms with Crippen LogP contribution in [0.1, 0.15) is 0 Å². The van der Waals surface area contributed by atoms with Crippen molar-refractivity contribution in [2.75, 3.05) is 36.8 Å². The van der Waals surface area contributed by atoms with Crippen molar-refractivity contribution in [3.05, 3.63) is 48.4 Å². The Balaban J connectivity index is 1.48. The van der Waals surface area contributed by atoms with Gasteiger partial charge in [0.25, 0.3) is 0 Å². The van der Waals surface area contributed by atoms with Crippen LogP contribution in [0.3, 0.4) is 0 Å². The molecule has 3 rings (SSSR count). The summed E-state index contributed by atoms with van der Waals surface area (Å²) in [5.74, 6) is 1.11. The van der Waals surface area contributed by atoms with Gasteiger partial charge in [0.2, 0.25) is 5.91 Å². The highest BCUT2D eigenvalue weighted by Gasteiger charge is 2.21. The number of hydrogen-bond donors (Lipinski definition) is 1. The van der Waals surface area contributed by atoms with Crippen LogP contribution in [0.25, 0.3) is 0 Å². The number of carbonyl (C=O) groups is 1. The van der Waals surface area contributed by atoms with E-state index in [1.807, 2.05) is 4.90 Å². The van der Waals surface area contributed by atoms with Crippen LogP contribution in [-0.2, 0) is 4.79 Å². The summed E-state index contributed by atoms with van der Waals surface area (Å²) in [5, 5.41) is 9.28. The molecule has 1 aliphatic rings. The molecule has 2 heterocycles. The highest BCUT2D eigenvalue weighted by Crippen LogP contribution is 2.20. The first kappa shape index (κ1) is 16.6. The normalized spacial score (nSPS) is 14.7. The number of thioether (sulfide) groups is 1. The van der Waals surface area contributed by atoms with Gasteiger partial charge in [-0.3, -0.25) is 4.79 Å². The lowest BCUT2D eigenvalue weighted by molar-refractivity contribution is -0.128.